The number of likely N-dealkylation sites (tertiary alicyclic amines) is 1. The van der Waals surface area contributed by atoms with Gasteiger partial charge in [-0.1, -0.05) is 6.07 Å². The summed E-state index contributed by atoms with van der Waals surface area (Å²) < 4.78 is 0. The van der Waals surface area contributed by atoms with Crippen molar-refractivity contribution in [2.24, 2.45) is 0 Å². The van der Waals surface area contributed by atoms with Crippen molar-refractivity contribution in [3.05, 3.63) is 44.3 Å². The van der Waals surface area contributed by atoms with Gasteiger partial charge in [-0.25, -0.2) is 0 Å². The number of nitrogens with zero attached hydrogens (tertiary/aromatic N) is 2. The molecule has 3 nitrogen and oxygen atoms in total. The summed E-state index contributed by atoms with van der Waals surface area (Å²) in [6.45, 7) is 3.30. The first-order valence-corrected chi connectivity index (χ1v) is 9.67. The second-order valence-electron chi connectivity index (χ2n) is 6.08. The van der Waals surface area contributed by atoms with Crippen LogP contribution >= 0.6 is 22.7 Å². The summed E-state index contributed by atoms with van der Waals surface area (Å²) in [6, 6.07) is 6.94. The Morgan fingerprint density at radius 2 is 2.18 bits per heavy atom. The molecule has 1 unspecified atom stereocenters. The number of carbonyl (C=O) groups is 1. The lowest BCUT2D eigenvalue weighted by Gasteiger charge is -2.30. The summed E-state index contributed by atoms with van der Waals surface area (Å²) in [6.07, 6.45) is 3.40. The predicted octanol–water partition coefficient (Wildman–Crippen LogP) is 3.53. The van der Waals surface area contributed by atoms with E-state index in [1.54, 1.807) is 0 Å². The van der Waals surface area contributed by atoms with Crippen LogP contribution in [0.5, 0.6) is 0 Å². The van der Waals surface area contributed by atoms with E-state index in [0.29, 0.717) is 18.5 Å². The number of rotatable bonds is 3. The quantitative estimate of drug-likeness (QED) is 0.858. The van der Waals surface area contributed by atoms with Crippen LogP contribution in [-0.4, -0.2) is 35.3 Å². The van der Waals surface area contributed by atoms with Crippen LogP contribution in [0.3, 0.4) is 0 Å². The van der Waals surface area contributed by atoms with E-state index in [4.69, 9.17) is 0 Å². The standard InChI is InChI=1S/C17H20N2OS2/c20-17(19-8-5-15-13(11-19)6-10-22-15)12-18-7-1-3-14(18)16-4-2-9-21-16/h2,4,6,9-10,14H,1,3,5,7-8,11-12H2. The topological polar surface area (TPSA) is 23.6 Å². The van der Waals surface area contributed by atoms with Crippen molar-refractivity contribution in [2.75, 3.05) is 19.6 Å². The molecule has 1 atom stereocenters. The maximum absolute atomic E-state index is 12.7. The molecule has 0 saturated carbocycles. The third-order valence-corrected chi connectivity index (χ3v) is 6.73. The number of fused-ring (bicyclic) bond motifs is 1. The average Bonchev–Trinajstić information content (AvgIpc) is 3.27. The zero-order valence-corrected chi connectivity index (χ0v) is 14.2. The average molecular weight is 332 g/mol. The molecule has 1 fully saturated rings. The van der Waals surface area contributed by atoms with E-state index >= 15 is 0 Å². The molecule has 116 valence electrons. The fraction of sp³-hybridized carbons (Fsp3) is 0.471. The molecule has 5 heteroatoms. The molecule has 4 rings (SSSR count). The van der Waals surface area contributed by atoms with E-state index in [1.807, 2.05) is 27.6 Å². The molecular weight excluding hydrogens is 312 g/mol. The lowest BCUT2D eigenvalue weighted by molar-refractivity contribution is -0.133. The highest BCUT2D eigenvalue weighted by Gasteiger charge is 2.30. The van der Waals surface area contributed by atoms with Crippen molar-refractivity contribution in [3.8, 4) is 0 Å². The van der Waals surface area contributed by atoms with Crippen molar-refractivity contribution in [1.82, 2.24) is 9.80 Å². The van der Waals surface area contributed by atoms with Crippen LogP contribution in [0.25, 0.3) is 0 Å². The van der Waals surface area contributed by atoms with Gasteiger partial charge in [-0.2, -0.15) is 0 Å². The molecule has 2 aliphatic rings. The Kier molecular flexibility index (Phi) is 4.03. The van der Waals surface area contributed by atoms with Gasteiger partial charge in [0.1, 0.15) is 0 Å². The van der Waals surface area contributed by atoms with Crippen LogP contribution in [0.2, 0.25) is 0 Å². The highest BCUT2D eigenvalue weighted by molar-refractivity contribution is 7.10. The van der Waals surface area contributed by atoms with Crippen LogP contribution in [0.15, 0.2) is 29.0 Å². The number of hydrogen-bond acceptors (Lipinski definition) is 4. The second kappa shape index (κ2) is 6.14. The summed E-state index contributed by atoms with van der Waals surface area (Å²) in [4.78, 5) is 20.0. The molecule has 22 heavy (non-hydrogen) atoms. The third kappa shape index (κ3) is 2.73. The van der Waals surface area contributed by atoms with Crippen LogP contribution in [0.1, 0.15) is 34.2 Å². The zero-order valence-electron chi connectivity index (χ0n) is 12.5. The van der Waals surface area contributed by atoms with Crippen LogP contribution in [0, 0.1) is 0 Å². The molecule has 2 aromatic rings. The van der Waals surface area contributed by atoms with Gasteiger partial charge < -0.3 is 4.90 Å². The van der Waals surface area contributed by atoms with Crippen molar-refractivity contribution >= 4 is 28.6 Å². The van der Waals surface area contributed by atoms with E-state index in [-0.39, 0.29) is 0 Å². The van der Waals surface area contributed by atoms with Gasteiger partial charge in [0.15, 0.2) is 0 Å². The molecule has 0 N–H and O–H groups in total. The Morgan fingerprint density at radius 3 is 3.05 bits per heavy atom. The van der Waals surface area contributed by atoms with E-state index < -0.39 is 0 Å². The first kappa shape index (κ1) is 14.4. The minimum Gasteiger partial charge on any atom is -0.337 e. The van der Waals surface area contributed by atoms with E-state index in [0.717, 1.165) is 26.1 Å². The lowest BCUT2D eigenvalue weighted by Crippen LogP contribution is -2.42. The molecule has 0 aliphatic carbocycles. The van der Waals surface area contributed by atoms with Gasteiger partial charge in [0.05, 0.1) is 6.54 Å². The number of thiophene rings is 2. The van der Waals surface area contributed by atoms with E-state index in [1.165, 1.54) is 28.2 Å². The largest absolute Gasteiger partial charge is 0.337 e. The SMILES string of the molecule is O=C(CN1CCCC1c1cccs1)N1CCc2sccc2C1. The fourth-order valence-electron chi connectivity index (χ4n) is 3.55. The van der Waals surface area contributed by atoms with Crippen LogP contribution < -0.4 is 0 Å². The number of hydrogen-bond donors (Lipinski definition) is 0. The third-order valence-electron chi connectivity index (χ3n) is 4.73. The molecular formula is C17H20N2OS2. The maximum Gasteiger partial charge on any atom is 0.237 e. The number of carbonyl (C=O) groups excluding carboxylic acids is 1. The highest BCUT2D eigenvalue weighted by Crippen LogP contribution is 2.34. The Morgan fingerprint density at radius 1 is 1.23 bits per heavy atom. The van der Waals surface area contributed by atoms with Gasteiger partial charge in [0.25, 0.3) is 0 Å². The monoisotopic (exact) mass is 332 g/mol. The summed E-state index contributed by atoms with van der Waals surface area (Å²) in [5, 5.41) is 4.28. The zero-order chi connectivity index (χ0) is 14.9. The minimum atomic E-state index is 0.292. The van der Waals surface area contributed by atoms with Gasteiger partial charge in [0.2, 0.25) is 5.91 Å². The molecule has 0 aromatic carbocycles. The second-order valence-corrected chi connectivity index (χ2v) is 8.06. The summed E-state index contributed by atoms with van der Waals surface area (Å²) in [5.74, 6) is 0.292. The number of amides is 1. The molecule has 4 heterocycles. The fourth-order valence-corrected chi connectivity index (χ4v) is 5.34. The van der Waals surface area contributed by atoms with Gasteiger partial charge in [-0.3, -0.25) is 9.69 Å². The van der Waals surface area contributed by atoms with Gasteiger partial charge >= 0.3 is 0 Å². The van der Waals surface area contributed by atoms with E-state index in [2.05, 4.69) is 33.9 Å². The van der Waals surface area contributed by atoms with Gasteiger partial charge in [-0.15, -0.1) is 22.7 Å². The first-order chi connectivity index (χ1) is 10.8. The Hall–Kier alpha value is -1.17. The lowest BCUT2D eigenvalue weighted by atomic mass is 10.1. The first-order valence-electron chi connectivity index (χ1n) is 7.92. The summed E-state index contributed by atoms with van der Waals surface area (Å²) in [7, 11) is 0. The van der Waals surface area contributed by atoms with Crippen molar-refractivity contribution in [1.29, 1.82) is 0 Å². The highest BCUT2D eigenvalue weighted by atomic mass is 32.1. The smallest absolute Gasteiger partial charge is 0.237 e. The van der Waals surface area contributed by atoms with Crippen molar-refractivity contribution in [3.63, 3.8) is 0 Å². The molecule has 0 bridgehead atoms. The molecule has 0 spiro atoms. The Labute approximate surface area is 139 Å². The van der Waals surface area contributed by atoms with Gasteiger partial charge in [-0.05, 0) is 54.3 Å². The van der Waals surface area contributed by atoms with E-state index in [9.17, 15) is 4.79 Å². The van der Waals surface area contributed by atoms with Crippen molar-refractivity contribution in [2.45, 2.75) is 31.8 Å². The maximum atomic E-state index is 12.7. The molecule has 2 aliphatic heterocycles. The summed E-state index contributed by atoms with van der Waals surface area (Å²) in [5.41, 5.74) is 1.35. The molecule has 2 aromatic heterocycles. The molecule has 1 amide bonds. The normalized spacial score (nSPS) is 22.0. The van der Waals surface area contributed by atoms with Crippen molar-refractivity contribution < 1.29 is 4.79 Å². The Bertz CT molecular complexity index is 649. The van der Waals surface area contributed by atoms with Gasteiger partial charge in [0, 0.05) is 28.9 Å². The Balaban J connectivity index is 1.42. The minimum absolute atomic E-state index is 0.292. The summed E-state index contributed by atoms with van der Waals surface area (Å²) >= 11 is 3.64. The predicted molar refractivity (Wildman–Crippen MR) is 91.3 cm³/mol. The molecule has 0 radical (unpaired) electrons. The molecule has 1 saturated heterocycles. The van der Waals surface area contributed by atoms with Crippen LogP contribution in [-0.2, 0) is 17.8 Å². The van der Waals surface area contributed by atoms with Crippen LogP contribution in [0.4, 0.5) is 0 Å².